The molecule has 0 aliphatic heterocycles. The first kappa shape index (κ1) is 17.4. The van der Waals surface area contributed by atoms with Crippen molar-refractivity contribution in [1.82, 2.24) is 10.4 Å². The molecule has 1 amide bonds. The third-order valence-corrected chi connectivity index (χ3v) is 3.90. The van der Waals surface area contributed by atoms with E-state index in [1.54, 1.807) is 19.4 Å². The van der Waals surface area contributed by atoms with Crippen molar-refractivity contribution in [2.45, 2.75) is 6.54 Å². The smallest absolute Gasteiger partial charge is 0.252 e. The standard InChI is InChI=1S/C20H20N4O2/c1-26-17-9-5-8-16(12-17)24(23-13-15-6-3-2-4-7-15)19-10-11-22-14-18(19)20(21)25/h2-12,14,23H,13H2,1H3,(H2,21,25). The second-order valence-electron chi connectivity index (χ2n) is 5.61. The number of anilines is 2. The number of pyridine rings is 1. The Kier molecular flexibility index (Phi) is 5.46. The Hall–Kier alpha value is -3.38. The number of hydrogen-bond acceptors (Lipinski definition) is 5. The monoisotopic (exact) mass is 348 g/mol. The largest absolute Gasteiger partial charge is 0.497 e. The highest BCUT2D eigenvalue weighted by atomic mass is 16.5. The molecule has 26 heavy (non-hydrogen) atoms. The summed E-state index contributed by atoms with van der Waals surface area (Å²) in [5.41, 5.74) is 11.8. The van der Waals surface area contributed by atoms with Gasteiger partial charge in [-0.1, -0.05) is 36.4 Å². The van der Waals surface area contributed by atoms with Crippen molar-refractivity contribution in [3.63, 3.8) is 0 Å². The van der Waals surface area contributed by atoms with Gasteiger partial charge in [-0.15, -0.1) is 0 Å². The molecule has 1 heterocycles. The van der Waals surface area contributed by atoms with Crippen molar-refractivity contribution >= 4 is 17.3 Å². The van der Waals surface area contributed by atoms with Crippen LogP contribution in [0.3, 0.4) is 0 Å². The van der Waals surface area contributed by atoms with Crippen LogP contribution in [0.5, 0.6) is 5.75 Å². The van der Waals surface area contributed by atoms with Gasteiger partial charge in [-0.05, 0) is 23.8 Å². The number of rotatable bonds is 7. The van der Waals surface area contributed by atoms with Gasteiger partial charge in [-0.3, -0.25) is 14.8 Å². The molecule has 0 aliphatic rings. The van der Waals surface area contributed by atoms with Gasteiger partial charge in [-0.25, -0.2) is 5.43 Å². The quantitative estimate of drug-likeness (QED) is 0.642. The zero-order valence-electron chi connectivity index (χ0n) is 14.4. The number of nitrogens with two attached hydrogens (primary N) is 1. The molecular weight excluding hydrogens is 328 g/mol. The number of carbonyl (C=O) groups is 1. The molecule has 2 aromatic carbocycles. The molecule has 3 N–H and O–H groups in total. The van der Waals surface area contributed by atoms with Gasteiger partial charge in [0.15, 0.2) is 0 Å². The molecule has 3 aromatic rings. The minimum atomic E-state index is -0.539. The molecule has 0 bridgehead atoms. The Morgan fingerprint density at radius 2 is 1.96 bits per heavy atom. The Labute approximate surface area is 152 Å². The second kappa shape index (κ2) is 8.13. The topological polar surface area (TPSA) is 80.5 Å². The lowest BCUT2D eigenvalue weighted by Gasteiger charge is -2.27. The molecule has 0 spiro atoms. The summed E-state index contributed by atoms with van der Waals surface area (Å²) < 4.78 is 5.32. The van der Waals surface area contributed by atoms with Crippen LogP contribution in [0.4, 0.5) is 11.4 Å². The molecule has 0 aliphatic carbocycles. The summed E-state index contributed by atoms with van der Waals surface area (Å²) in [5.74, 6) is 0.172. The number of methoxy groups -OCH3 is 1. The van der Waals surface area contributed by atoms with Crippen LogP contribution >= 0.6 is 0 Å². The summed E-state index contributed by atoms with van der Waals surface area (Å²) >= 11 is 0. The Morgan fingerprint density at radius 1 is 1.15 bits per heavy atom. The van der Waals surface area contributed by atoms with Crippen LogP contribution in [-0.2, 0) is 6.54 Å². The van der Waals surface area contributed by atoms with E-state index in [9.17, 15) is 4.79 Å². The molecule has 0 radical (unpaired) electrons. The number of hydrazine groups is 1. The van der Waals surface area contributed by atoms with Crippen molar-refractivity contribution < 1.29 is 9.53 Å². The van der Waals surface area contributed by atoms with Crippen LogP contribution in [0.25, 0.3) is 0 Å². The summed E-state index contributed by atoms with van der Waals surface area (Å²) in [4.78, 5) is 15.9. The Morgan fingerprint density at radius 3 is 2.69 bits per heavy atom. The molecule has 0 saturated heterocycles. The van der Waals surface area contributed by atoms with E-state index in [1.165, 1.54) is 6.20 Å². The first-order chi connectivity index (χ1) is 12.7. The number of hydrogen-bond donors (Lipinski definition) is 2. The van der Waals surface area contributed by atoms with E-state index in [0.717, 1.165) is 11.3 Å². The molecule has 0 unspecified atom stereocenters. The average Bonchev–Trinajstić information content (AvgIpc) is 2.69. The van der Waals surface area contributed by atoms with E-state index in [4.69, 9.17) is 10.5 Å². The van der Waals surface area contributed by atoms with Gasteiger partial charge in [0, 0.05) is 25.0 Å². The van der Waals surface area contributed by atoms with Crippen LogP contribution < -0.4 is 20.9 Å². The molecule has 132 valence electrons. The van der Waals surface area contributed by atoms with E-state index in [1.807, 2.05) is 59.6 Å². The Balaban J connectivity index is 2.00. The zero-order chi connectivity index (χ0) is 18.4. The number of amides is 1. The predicted octanol–water partition coefficient (Wildman–Crippen LogP) is 3.03. The Bertz CT molecular complexity index is 884. The van der Waals surface area contributed by atoms with E-state index in [-0.39, 0.29) is 0 Å². The first-order valence-corrected chi connectivity index (χ1v) is 8.14. The summed E-state index contributed by atoms with van der Waals surface area (Å²) in [5, 5.41) is 1.82. The van der Waals surface area contributed by atoms with Crippen LogP contribution in [0, 0.1) is 0 Å². The minimum Gasteiger partial charge on any atom is -0.497 e. The molecule has 3 rings (SSSR count). The summed E-state index contributed by atoms with van der Waals surface area (Å²) in [6.45, 7) is 0.568. The zero-order valence-corrected chi connectivity index (χ0v) is 14.4. The highest BCUT2D eigenvalue weighted by Crippen LogP contribution is 2.29. The second-order valence-corrected chi connectivity index (χ2v) is 5.61. The molecule has 1 aromatic heterocycles. The molecule has 6 nitrogen and oxygen atoms in total. The van der Waals surface area contributed by atoms with Gasteiger partial charge in [0.25, 0.3) is 5.91 Å². The maximum absolute atomic E-state index is 11.9. The summed E-state index contributed by atoms with van der Waals surface area (Å²) in [6.07, 6.45) is 3.09. The molecule has 0 fully saturated rings. The third-order valence-electron chi connectivity index (χ3n) is 3.90. The lowest BCUT2D eigenvalue weighted by atomic mass is 10.2. The van der Waals surface area contributed by atoms with Crippen molar-refractivity contribution in [2.75, 3.05) is 12.1 Å². The van der Waals surface area contributed by atoms with Gasteiger partial charge in [0.05, 0.1) is 24.0 Å². The van der Waals surface area contributed by atoms with Crippen molar-refractivity contribution in [3.05, 3.63) is 84.2 Å². The number of ether oxygens (including phenoxy) is 1. The fraction of sp³-hybridized carbons (Fsp3) is 0.100. The van der Waals surface area contributed by atoms with E-state index < -0.39 is 5.91 Å². The number of benzene rings is 2. The van der Waals surface area contributed by atoms with Crippen molar-refractivity contribution in [2.24, 2.45) is 5.73 Å². The highest BCUT2D eigenvalue weighted by Gasteiger charge is 2.17. The van der Waals surface area contributed by atoms with Gasteiger partial charge in [-0.2, -0.15) is 0 Å². The van der Waals surface area contributed by atoms with Crippen molar-refractivity contribution in [1.29, 1.82) is 0 Å². The van der Waals surface area contributed by atoms with Crippen LogP contribution in [0.15, 0.2) is 73.1 Å². The van der Waals surface area contributed by atoms with Gasteiger partial charge >= 0.3 is 0 Å². The summed E-state index contributed by atoms with van der Waals surface area (Å²) in [6, 6.07) is 19.3. The lowest BCUT2D eigenvalue weighted by molar-refractivity contribution is 0.100. The average molecular weight is 348 g/mol. The third kappa shape index (κ3) is 3.99. The number of nitrogens with zero attached hydrogens (tertiary/aromatic N) is 2. The van der Waals surface area contributed by atoms with Crippen LogP contribution in [0.2, 0.25) is 0 Å². The number of primary amides is 1. The van der Waals surface area contributed by atoms with Gasteiger partial charge in [0.2, 0.25) is 0 Å². The molecular formula is C20H20N4O2. The first-order valence-electron chi connectivity index (χ1n) is 8.14. The number of nitrogens with one attached hydrogen (secondary N) is 1. The van der Waals surface area contributed by atoms with Crippen LogP contribution in [-0.4, -0.2) is 18.0 Å². The maximum Gasteiger partial charge on any atom is 0.252 e. The maximum atomic E-state index is 11.9. The minimum absolute atomic E-state index is 0.330. The summed E-state index contributed by atoms with van der Waals surface area (Å²) in [7, 11) is 1.61. The number of aromatic nitrogens is 1. The van der Waals surface area contributed by atoms with E-state index in [0.29, 0.717) is 23.5 Å². The molecule has 0 saturated carbocycles. The van der Waals surface area contributed by atoms with E-state index in [2.05, 4.69) is 10.4 Å². The molecule has 0 atom stereocenters. The molecule has 6 heteroatoms. The van der Waals surface area contributed by atoms with Crippen molar-refractivity contribution in [3.8, 4) is 5.75 Å². The fourth-order valence-corrected chi connectivity index (χ4v) is 2.60. The van der Waals surface area contributed by atoms with E-state index >= 15 is 0 Å². The SMILES string of the molecule is COc1cccc(N(NCc2ccccc2)c2ccncc2C(N)=O)c1. The highest BCUT2D eigenvalue weighted by molar-refractivity contribution is 5.99. The predicted molar refractivity (Wildman–Crippen MR) is 101 cm³/mol. The fourth-order valence-electron chi connectivity index (χ4n) is 2.60. The van der Waals surface area contributed by atoms with Gasteiger partial charge in [0.1, 0.15) is 5.75 Å². The number of carbonyl (C=O) groups excluding carboxylic acids is 1. The van der Waals surface area contributed by atoms with Crippen LogP contribution in [0.1, 0.15) is 15.9 Å². The lowest BCUT2D eigenvalue weighted by Crippen LogP contribution is -2.35. The van der Waals surface area contributed by atoms with Gasteiger partial charge < -0.3 is 10.5 Å². The normalized spacial score (nSPS) is 10.3.